The maximum Gasteiger partial charge on any atom is 0.249 e. The number of ether oxygens (including phenoxy) is 1. The molecule has 0 bridgehead atoms. The molecule has 24 heavy (non-hydrogen) atoms. The molecule has 1 aliphatic heterocycles. The lowest BCUT2D eigenvalue weighted by atomic mass is 9.91. The van der Waals surface area contributed by atoms with Crippen LogP contribution in [0.25, 0.3) is 0 Å². The summed E-state index contributed by atoms with van der Waals surface area (Å²) in [6.45, 7) is 5.43. The molecule has 0 aromatic carbocycles. The first kappa shape index (κ1) is 17.1. The molecule has 7 nitrogen and oxygen atoms in total. The maximum atomic E-state index is 9.28. The third kappa shape index (κ3) is 3.53. The van der Waals surface area contributed by atoms with Crippen molar-refractivity contribution in [3.8, 4) is 6.07 Å². The Bertz CT molecular complexity index is 733. The van der Waals surface area contributed by atoms with Crippen LogP contribution < -0.4 is 5.32 Å². The van der Waals surface area contributed by atoms with E-state index in [9.17, 15) is 5.26 Å². The molecule has 1 aliphatic rings. The fraction of sp³-hybridized carbons (Fsp3) is 0.600. The van der Waals surface area contributed by atoms with Gasteiger partial charge in [0.05, 0.1) is 0 Å². The van der Waals surface area contributed by atoms with Crippen molar-refractivity contribution in [3.63, 3.8) is 0 Å². The zero-order valence-corrected chi connectivity index (χ0v) is 15.0. The van der Waals surface area contributed by atoms with E-state index in [0.29, 0.717) is 35.5 Å². The molecule has 0 spiro atoms. The number of hydrogen-bond donors (Lipinski definition) is 1. The first-order valence-electron chi connectivity index (χ1n) is 7.83. The van der Waals surface area contributed by atoms with Crippen LogP contribution in [0, 0.1) is 17.2 Å². The van der Waals surface area contributed by atoms with E-state index in [-0.39, 0.29) is 23.0 Å². The first-order chi connectivity index (χ1) is 11.6. The smallest absolute Gasteiger partial charge is 0.249 e. The fourth-order valence-corrected chi connectivity index (χ4v) is 3.62. The van der Waals surface area contributed by atoms with Crippen molar-refractivity contribution >= 4 is 28.1 Å². The first-order valence-corrected chi connectivity index (χ1v) is 8.98. The quantitative estimate of drug-likeness (QED) is 0.859. The highest BCUT2D eigenvalue weighted by Crippen LogP contribution is 2.36. The van der Waals surface area contributed by atoms with E-state index < -0.39 is 0 Å². The summed E-state index contributed by atoms with van der Waals surface area (Å²) in [6.07, 6.45) is 1.76. The van der Waals surface area contributed by atoms with Crippen LogP contribution in [0.2, 0.25) is 5.15 Å². The Morgan fingerprint density at radius 1 is 1.38 bits per heavy atom. The summed E-state index contributed by atoms with van der Waals surface area (Å²) < 4.78 is 15.0. The van der Waals surface area contributed by atoms with Gasteiger partial charge < -0.3 is 14.6 Å². The van der Waals surface area contributed by atoms with E-state index in [2.05, 4.69) is 25.9 Å². The normalized spacial score (nSPS) is 17.0. The molecule has 2 aromatic rings. The molecule has 0 saturated carbocycles. The Labute approximate surface area is 149 Å². The Balaban J connectivity index is 1.90. The standard InChI is InChI=1S/C15H18ClN5O2S/c1-8(2)13-19-14(23-20-13)11(9-3-5-22-6-4-9)18-15-10(7-17)12(16)21-24-15/h8-9,11,18H,3-6H2,1-2H3. The van der Waals surface area contributed by atoms with E-state index in [1.807, 2.05) is 13.8 Å². The molecule has 2 aromatic heterocycles. The summed E-state index contributed by atoms with van der Waals surface area (Å²) in [7, 11) is 0. The molecule has 1 saturated heterocycles. The number of nitrogens with one attached hydrogen (secondary N) is 1. The third-order valence-corrected chi connectivity index (χ3v) is 5.18. The van der Waals surface area contributed by atoms with Gasteiger partial charge in [0.2, 0.25) is 5.89 Å². The molecule has 3 rings (SSSR count). The Kier molecular flexibility index (Phi) is 5.33. The zero-order chi connectivity index (χ0) is 17.1. The number of hydrogen-bond acceptors (Lipinski definition) is 8. The SMILES string of the molecule is CC(C)c1noc(C(Nc2snc(Cl)c2C#N)C2CCOCC2)n1. The minimum absolute atomic E-state index is 0.186. The number of rotatable bonds is 5. The highest BCUT2D eigenvalue weighted by molar-refractivity contribution is 7.10. The van der Waals surface area contributed by atoms with Gasteiger partial charge in [-0.3, -0.25) is 0 Å². The Morgan fingerprint density at radius 3 is 2.75 bits per heavy atom. The lowest BCUT2D eigenvalue weighted by Crippen LogP contribution is -2.27. The summed E-state index contributed by atoms with van der Waals surface area (Å²) >= 11 is 7.14. The minimum atomic E-state index is -0.197. The van der Waals surface area contributed by atoms with E-state index in [0.717, 1.165) is 24.4 Å². The average molecular weight is 368 g/mol. The van der Waals surface area contributed by atoms with Gasteiger partial charge in [-0.05, 0) is 30.3 Å². The van der Waals surface area contributed by atoms with E-state index in [4.69, 9.17) is 20.9 Å². The molecule has 3 heterocycles. The number of aromatic nitrogens is 3. The zero-order valence-electron chi connectivity index (χ0n) is 13.5. The molecule has 128 valence electrons. The molecule has 0 amide bonds. The predicted octanol–water partition coefficient (Wildman–Crippen LogP) is 3.75. The fourth-order valence-electron chi connectivity index (χ4n) is 2.65. The predicted molar refractivity (Wildman–Crippen MR) is 90.1 cm³/mol. The lowest BCUT2D eigenvalue weighted by Gasteiger charge is -2.28. The van der Waals surface area contributed by atoms with Gasteiger partial charge in [0.15, 0.2) is 11.0 Å². The number of nitrogens with zero attached hydrogens (tertiary/aromatic N) is 4. The van der Waals surface area contributed by atoms with Crippen LogP contribution in [0.5, 0.6) is 0 Å². The molecule has 9 heteroatoms. The summed E-state index contributed by atoms with van der Waals surface area (Å²) in [5.41, 5.74) is 0.349. The Hall–Kier alpha value is -1.69. The van der Waals surface area contributed by atoms with Crippen molar-refractivity contribution in [2.45, 2.75) is 38.6 Å². The van der Waals surface area contributed by atoms with E-state index in [1.165, 1.54) is 0 Å². The second kappa shape index (κ2) is 7.47. The van der Waals surface area contributed by atoms with Crippen LogP contribution in [-0.2, 0) is 4.74 Å². The molecular formula is C15H18ClN5O2S. The van der Waals surface area contributed by atoms with Crippen LogP contribution in [0.4, 0.5) is 5.00 Å². The van der Waals surface area contributed by atoms with Gasteiger partial charge in [-0.15, -0.1) is 0 Å². The van der Waals surface area contributed by atoms with Gasteiger partial charge in [0, 0.05) is 19.1 Å². The van der Waals surface area contributed by atoms with Crippen molar-refractivity contribution < 1.29 is 9.26 Å². The third-order valence-electron chi connectivity index (χ3n) is 4.03. The van der Waals surface area contributed by atoms with Crippen LogP contribution in [0.3, 0.4) is 0 Å². The van der Waals surface area contributed by atoms with Crippen LogP contribution in [0.1, 0.15) is 55.9 Å². The van der Waals surface area contributed by atoms with Gasteiger partial charge in [0.1, 0.15) is 22.7 Å². The summed E-state index contributed by atoms with van der Waals surface area (Å²) in [5.74, 6) is 1.66. The number of nitriles is 1. The molecule has 0 radical (unpaired) electrons. The molecule has 1 unspecified atom stereocenters. The van der Waals surface area contributed by atoms with Gasteiger partial charge >= 0.3 is 0 Å². The van der Waals surface area contributed by atoms with E-state index >= 15 is 0 Å². The topological polar surface area (TPSA) is 96.9 Å². The molecule has 1 fully saturated rings. The van der Waals surface area contributed by atoms with Crippen LogP contribution in [-0.4, -0.2) is 27.7 Å². The highest BCUT2D eigenvalue weighted by Gasteiger charge is 2.31. The molecule has 1 N–H and O–H groups in total. The largest absolute Gasteiger partial charge is 0.381 e. The van der Waals surface area contributed by atoms with Gasteiger partial charge in [-0.25, -0.2) is 0 Å². The average Bonchev–Trinajstić information content (AvgIpc) is 3.20. The van der Waals surface area contributed by atoms with Crippen molar-refractivity contribution in [2.75, 3.05) is 18.5 Å². The monoisotopic (exact) mass is 367 g/mol. The van der Waals surface area contributed by atoms with Gasteiger partial charge in [-0.1, -0.05) is 30.6 Å². The van der Waals surface area contributed by atoms with Crippen molar-refractivity contribution in [2.24, 2.45) is 5.92 Å². The second-order valence-electron chi connectivity index (χ2n) is 6.01. The second-order valence-corrected chi connectivity index (χ2v) is 7.14. The van der Waals surface area contributed by atoms with Crippen LogP contribution in [0.15, 0.2) is 4.52 Å². The molecule has 0 aliphatic carbocycles. The summed E-state index contributed by atoms with van der Waals surface area (Å²) in [5, 5.41) is 17.5. The van der Waals surface area contributed by atoms with Crippen molar-refractivity contribution in [1.29, 1.82) is 5.26 Å². The van der Waals surface area contributed by atoms with Crippen molar-refractivity contribution in [3.05, 3.63) is 22.4 Å². The van der Waals surface area contributed by atoms with Gasteiger partial charge in [-0.2, -0.15) is 14.6 Å². The van der Waals surface area contributed by atoms with Gasteiger partial charge in [0.25, 0.3) is 0 Å². The molecular weight excluding hydrogens is 350 g/mol. The van der Waals surface area contributed by atoms with E-state index in [1.54, 1.807) is 0 Å². The number of anilines is 1. The highest BCUT2D eigenvalue weighted by atomic mass is 35.5. The summed E-state index contributed by atoms with van der Waals surface area (Å²) in [4.78, 5) is 4.53. The molecule has 1 atom stereocenters. The van der Waals surface area contributed by atoms with Crippen molar-refractivity contribution in [1.82, 2.24) is 14.5 Å². The minimum Gasteiger partial charge on any atom is -0.381 e. The lowest BCUT2D eigenvalue weighted by molar-refractivity contribution is 0.0571. The maximum absolute atomic E-state index is 9.28. The van der Waals surface area contributed by atoms with Crippen LogP contribution >= 0.6 is 23.1 Å². The Morgan fingerprint density at radius 2 is 2.12 bits per heavy atom. The number of halogens is 1. The summed E-state index contributed by atoms with van der Waals surface area (Å²) in [6, 6.07) is 1.89.